The lowest BCUT2D eigenvalue weighted by atomic mass is 9.89. The molecule has 1 aliphatic rings. The molecular weight excluding hydrogens is 202 g/mol. The fraction of sp³-hybridized carbons (Fsp3) is 0.385. The summed E-state index contributed by atoms with van der Waals surface area (Å²) in [5, 5.41) is 2.72. The molecule has 3 nitrogen and oxygen atoms in total. The van der Waals surface area contributed by atoms with E-state index >= 15 is 0 Å². The molecule has 1 aromatic carbocycles. The highest BCUT2D eigenvalue weighted by molar-refractivity contribution is 6.16. The average Bonchev–Trinajstić information content (AvgIpc) is 2.36. The Morgan fingerprint density at radius 2 is 1.94 bits per heavy atom. The first kappa shape index (κ1) is 10.9. The summed E-state index contributed by atoms with van der Waals surface area (Å²) >= 11 is 0. The number of nitrogens with one attached hydrogen (secondary N) is 1. The number of aryl methyl sites for hydroxylation is 1. The molecule has 1 aromatic rings. The summed E-state index contributed by atoms with van der Waals surface area (Å²) in [4.78, 5) is 23.8. The van der Waals surface area contributed by atoms with Gasteiger partial charge in [-0.15, -0.1) is 0 Å². The molecule has 16 heavy (non-hydrogen) atoms. The van der Waals surface area contributed by atoms with Crippen LogP contribution in [0, 0.1) is 6.92 Å². The highest BCUT2D eigenvalue weighted by atomic mass is 16.2. The van der Waals surface area contributed by atoms with Gasteiger partial charge >= 0.3 is 0 Å². The van der Waals surface area contributed by atoms with Gasteiger partial charge in [0.15, 0.2) is 5.78 Å². The Kier molecular flexibility index (Phi) is 2.34. The molecule has 1 aliphatic heterocycles. The quantitative estimate of drug-likeness (QED) is 0.725. The number of Topliss-reactive ketones (excluding diaryl/α,β-unsaturated/α-hetero) is 1. The van der Waals surface area contributed by atoms with Crippen LogP contribution in [0.2, 0.25) is 0 Å². The molecular formula is C13H15NO2. The molecule has 0 bridgehead atoms. The minimum atomic E-state index is -0.745. The molecule has 1 unspecified atom stereocenters. The smallest absolute Gasteiger partial charge is 0.235 e. The van der Waals surface area contributed by atoms with Crippen LogP contribution >= 0.6 is 0 Å². The van der Waals surface area contributed by atoms with Gasteiger partial charge in [-0.05, 0) is 26.3 Å². The molecule has 0 spiro atoms. The molecule has 0 saturated carbocycles. The summed E-state index contributed by atoms with van der Waals surface area (Å²) < 4.78 is 0. The molecule has 2 rings (SSSR count). The van der Waals surface area contributed by atoms with E-state index in [1.54, 1.807) is 13.8 Å². The first-order chi connectivity index (χ1) is 7.42. The number of hydrogen-bond acceptors (Lipinski definition) is 2. The van der Waals surface area contributed by atoms with Gasteiger partial charge in [-0.1, -0.05) is 29.8 Å². The molecule has 1 saturated heterocycles. The zero-order chi connectivity index (χ0) is 11.9. The van der Waals surface area contributed by atoms with E-state index in [1.165, 1.54) is 0 Å². The minimum Gasteiger partial charge on any atom is -0.343 e. The molecule has 1 heterocycles. The Bertz CT molecular complexity index is 463. The number of benzene rings is 1. The third-order valence-corrected chi connectivity index (χ3v) is 2.95. The van der Waals surface area contributed by atoms with E-state index in [4.69, 9.17) is 0 Å². The number of carbonyl (C=O) groups excluding carboxylic acids is 2. The van der Waals surface area contributed by atoms with Crippen LogP contribution in [-0.4, -0.2) is 17.2 Å². The van der Waals surface area contributed by atoms with Crippen LogP contribution in [0.3, 0.4) is 0 Å². The molecule has 84 valence electrons. The molecule has 3 heteroatoms. The third kappa shape index (κ3) is 1.62. The summed E-state index contributed by atoms with van der Waals surface area (Å²) in [5.74, 6) is -0.890. The second-order valence-electron chi connectivity index (χ2n) is 4.83. The van der Waals surface area contributed by atoms with E-state index in [-0.39, 0.29) is 11.7 Å². The van der Waals surface area contributed by atoms with Crippen LogP contribution in [0.4, 0.5) is 0 Å². The fourth-order valence-electron chi connectivity index (χ4n) is 2.07. The largest absolute Gasteiger partial charge is 0.343 e. The highest BCUT2D eigenvalue weighted by Crippen LogP contribution is 2.29. The Balaban J connectivity index is 2.43. The van der Waals surface area contributed by atoms with Crippen LogP contribution in [0.25, 0.3) is 0 Å². The Hall–Kier alpha value is -1.64. The summed E-state index contributed by atoms with van der Waals surface area (Å²) in [6.07, 6.45) is 0. The first-order valence-electron chi connectivity index (χ1n) is 5.35. The van der Waals surface area contributed by atoms with Gasteiger partial charge in [0.05, 0.1) is 5.54 Å². The molecule has 1 fully saturated rings. The lowest BCUT2D eigenvalue weighted by molar-refractivity contribution is -0.125. The van der Waals surface area contributed by atoms with Gasteiger partial charge in [0.2, 0.25) is 5.91 Å². The minimum absolute atomic E-state index is 0.0527. The lowest BCUT2D eigenvalue weighted by Crippen LogP contribution is -2.39. The van der Waals surface area contributed by atoms with Crippen molar-refractivity contribution in [1.29, 1.82) is 0 Å². The standard InChI is InChI=1S/C13H15NO2/c1-8-5-4-6-9(7-8)10-11(15)13(2,3)14-12(10)16/h4-7,10H,1-3H3,(H,14,16). The molecule has 1 N–H and O–H groups in total. The van der Waals surface area contributed by atoms with E-state index in [1.807, 2.05) is 31.2 Å². The van der Waals surface area contributed by atoms with E-state index < -0.39 is 11.5 Å². The predicted molar refractivity (Wildman–Crippen MR) is 61.1 cm³/mol. The fourth-order valence-corrected chi connectivity index (χ4v) is 2.07. The second-order valence-corrected chi connectivity index (χ2v) is 4.83. The summed E-state index contributed by atoms with van der Waals surface area (Å²) in [5.41, 5.74) is 1.10. The molecule has 0 aromatic heterocycles. The molecule has 0 aliphatic carbocycles. The number of carbonyl (C=O) groups is 2. The summed E-state index contributed by atoms with van der Waals surface area (Å²) in [6.45, 7) is 5.43. The van der Waals surface area contributed by atoms with Crippen LogP contribution in [-0.2, 0) is 9.59 Å². The Morgan fingerprint density at radius 1 is 1.25 bits per heavy atom. The van der Waals surface area contributed by atoms with Crippen molar-refractivity contribution in [3.63, 3.8) is 0 Å². The zero-order valence-corrected chi connectivity index (χ0v) is 9.70. The number of rotatable bonds is 1. The van der Waals surface area contributed by atoms with E-state index in [9.17, 15) is 9.59 Å². The Morgan fingerprint density at radius 3 is 2.44 bits per heavy atom. The Labute approximate surface area is 94.9 Å². The van der Waals surface area contributed by atoms with E-state index in [2.05, 4.69) is 5.32 Å². The van der Waals surface area contributed by atoms with Gasteiger partial charge in [-0.25, -0.2) is 0 Å². The van der Waals surface area contributed by atoms with Crippen molar-refractivity contribution in [3.8, 4) is 0 Å². The molecule has 1 amide bonds. The number of hydrogen-bond donors (Lipinski definition) is 1. The average molecular weight is 217 g/mol. The van der Waals surface area contributed by atoms with Crippen molar-refractivity contribution in [2.45, 2.75) is 32.2 Å². The normalized spacial score (nSPS) is 23.3. The van der Waals surface area contributed by atoms with Gasteiger partial charge in [-0.3, -0.25) is 9.59 Å². The van der Waals surface area contributed by atoms with Crippen LogP contribution in [0.15, 0.2) is 24.3 Å². The zero-order valence-electron chi connectivity index (χ0n) is 9.70. The summed E-state index contributed by atoms with van der Waals surface area (Å²) in [6, 6.07) is 7.54. The number of amides is 1. The van der Waals surface area contributed by atoms with Crippen LogP contribution in [0.1, 0.15) is 30.9 Å². The third-order valence-electron chi connectivity index (χ3n) is 2.95. The molecule has 1 atom stereocenters. The van der Waals surface area contributed by atoms with Gasteiger partial charge in [-0.2, -0.15) is 0 Å². The SMILES string of the molecule is Cc1cccc(C2C(=O)NC(C)(C)C2=O)c1. The van der Waals surface area contributed by atoms with Crippen molar-refractivity contribution in [2.24, 2.45) is 0 Å². The highest BCUT2D eigenvalue weighted by Gasteiger charge is 2.46. The molecule has 0 radical (unpaired) electrons. The van der Waals surface area contributed by atoms with Gasteiger partial charge in [0, 0.05) is 0 Å². The van der Waals surface area contributed by atoms with Crippen molar-refractivity contribution >= 4 is 11.7 Å². The first-order valence-corrected chi connectivity index (χ1v) is 5.35. The van der Waals surface area contributed by atoms with Crippen LogP contribution < -0.4 is 5.32 Å². The lowest BCUT2D eigenvalue weighted by Gasteiger charge is -2.14. The van der Waals surface area contributed by atoms with E-state index in [0.29, 0.717) is 0 Å². The van der Waals surface area contributed by atoms with Gasteiger partial charge in [0.1, 0.15) is 5.92 Å². The summed E-state index contributed by atoms with van der Waals surface area (Å²) in [7, 11) is 0. The maximum atomic E-state index is 12.1. The second kappa shape index (κ2) is 3.44. The predicted octanol–water partition coefficient (Wildman–Crippen LogP) is 1.56. The van der Waals surface area contributed by atoms with Crippen molar-refractivity contribution in [2.75, 3.05) is 0 Å². The maximum absolute atomic E-state index is 12.1. The van der Waals surface area contributed by atoms with Crippen molar-refractivity contribution in [1.82, 2.24) is 5.32 Å². The van der Waals surface area contributed by atoms with Gasteiger partial charge in [0.25, 0.3) is 0 Å². The maximum Gasteiger partial charge on any atom is 0.235 e. The van der Waals surface area contributed by atoms with Gasteiger partial charge < -0.3 is 5.32 Å². The number of ketones is 1. The van der Waals surface area contributed by atoms with Crippen molar-refractivity contribution in [3.05, 3.63) is 35.4 Å². The topological polar surface area (TPSA) is 46.2 Å². The van der Waals surface area contributed by atoms with Crippen LogP contribution in [0.5, 0.6) is 0 Å². The van der Waals surface area contributed by atoms with Crippen molar-refractivity contribution < 1.29 is 9.59 Å². The monoisotopic (exact) mass is 217 g/mol. The van der Waals surface area contributed by atoms with E-state index in [0.717, 1.165) is 11.1 Å².